The molecule has 3 heterocycles. The number of aliphatic imine (C=N–C) groups is 1. The van der Waals surface area contributed by atoms with Crippen LogP contribution in [0.5, 0.6) is 0 Å². The van der Waals surface area contributed by atoms with Gasteiger partial charge in [-0.1, -0.05) is 12.2 Å². The van der Waals surface area contributed by atoms with Crippen LogP contribution >= 0.6 is 0 Å². The average molecular weight is 551 g/mol. The SMILES string of the molecule is C=CCNC(=O)c1cnc(Nc2ccc(N3CCN(C)CC3)cc2)nc1NC1CC=C2CCC(C(C)(F)F)C2=N1. The largest absolute Gasteiger partial charge is 0.369 e. The molecule has 0 bridgehead atoms. The predicted molar refractivity (Wildman–Crippen MR) is 155 cm³/mol. The van der Waals surface area contributed by atoms with Crippen molar-refractivity contribution in [2.75, 3.05) is 55.3 Å². The normalized spacial score (nSPS) is 21.2. The van der Waals surface area contributed by atoms with E-state index < -0.39 is 18.0 Å². The zero-order valence-corrected chi connectivity index (χ0v) is 23.0. The first-order valence-corrected chi connectivity index (χ1v) is 13.7. The molecule has 2 aliphatic heterocycles. The van der Waals surface area contributed by atoms with Crippen molar-refractivity contribution in [3.05, 3.63) is 60.3 Å². The number of dihydropyridines is 1. The lowest BCUT2D eigenvalue weighted by Gasteiger charge is -2.34. The number of amides is 1. The number of piperazine rings is 1. The van der Waals surface area contributed by atoms with Crippen LogP contribution in [0.3, 0.4) is 0 Å². The third kappa shape index (κ3) is 6.30. The van der Waals surface area contributed by atoms with Crippen LogP contribution in [0.25, 0.3) is 0 Å². The monoisotopic (exact) mass is 550 g/mol. The van der Waals surface area contributed by atoms with E-state index in [4.69, 9.17) is 0 Å². The molecule has 1 saturated carbocycles. The Balaban J connectivity index is 1.35. The van der Waals surface area contributed by atoms with Gasteiger partial charge in [-0.2, -0.15) is 4.98 Å². The molecule has 11 heteroatoms. The fourth-order valence-corrected chi connectivity index (χ4v) is 5.31. The fraction of sp³-hybridized carbons (Fsp3) is 0.448. The van der Waals surface area contributed by atoms with Crippen molar-refractivity contribution >= 4 is 34.8 Å². The number of fused-ring (bicyclic) bond motifs is 1. The van der Waals surface area contributed by atoms with E-state index >= 15 is 0 Å². The van der Waals surface area contributed by atoms with Gasteiger partial charge in [-0.15, -0.1) is 6.58 Å². The van der Waals surface area contributed by atoms with Gasteiger partial charge < -0.3 is 25.8 Å². The summed E-state index contributed by atoms with van der Waals surface area (Å²) in [5.41, 5.74) is 3.52. The Labute approximate surface area is 233 Å². The van der Waals surface area contributed by atoms with Crippen molar-refractivity contribution < 1.29 is 13.6 Å². The number of hydrogen-bond acceptors (Lipinski definition) is 8. The number of halogens is 2. The lowest BCUT2D eigenvalue weighted by molar-refractivity contribution is -0.0128. The van der Waals surface area contributed by atoms with Gasteiger partial charge in [0.25, 0.3) is 11.8 Å². The van der Waals surface area contributed by atoms with Gasteiger partial charge >= 0.3 is 0 Å². The Hall–Kier alpha value is -3.86. The molecule has 2 unspecified atom stereocenters. The first-order valence-electron chi connectivity index (χ1n) is 13.7. The van der Waals surface area contributed by atoms with Gasteiger partial charge in [-0.3, -0.25) is 9.79 Å². The number of allylic oxidation sites excluding steroid dienone is 1. The molecular formula is C29H36F2N8O. The van der Waals surface area contributed by atoms with E-state index in [9.17, 15) is 13.6 Å². The molecule has 40 heavy (non-hydrogen) atoms. The smallest absolute Gasteiger partial charge is 0.256 e. The number of nitrogens with zero attached hydrogens (tertiary/aromatic N) is 5. The van der Waals surface area contributed by atoms with Gasteiger partial charge in [-0.05, 0) is 49.7 Å². The van der Waals surface area contributed by atoms with Crippen LogP contribution < -0.4 is 20.9 Å². The fourth-order valence-electron chi connectivity index (χ4n) is 5.31. The quantitative estimate of drug-likeness (QED) is 0.397. The molecule has 1 aromatic carbocycles. The summed E-state index contributed by atoms with van der Waals surface area (Å²) in [5, 5.41) is 9.16. The number of benzene rings is 1. The Morgan fingerprint density at radius 2 is 1.95 bits per heavy atom. The Kier molecular flexibility index (Phi) is 8.11. The summed E-state index contributed by atoms with van der Waals surface area (Å²) in [6.07, 6.45) is 5.96. The number of nitrogens with one attached hydrogen (secondary N) is 3. The van der Waals surface area contributed by atoms with Crippen molar-refractivity contribution in [1.82, 2.24) is 20.2 Å². The van der Waals surface area contributed by atoms with E-state index in [0.717, 1.165) is 50.1 Å². The minimum absolute atomic E-state index is 0.233. The van der Waals surface area contributed by atoms with Crippen molar-refractivity contribution in [3.63, 3.8) is 0 Å². The zero-order chi connectivity index (χ0) is 28.3. The van der Waals surface area contributed by atoms with Crippen LogP contribution in [-0.4, -0.2) is 78.3 Å². The minimum Gasteiger partial charge on any atom is -0.369 e. The standard InChI is InChI=1S/C29H36F2N8O/c1-4-13-32-27(40)22-18-33-28(34-20-7-9-21(10-8-20)39-16-14-38(3)15-17-39)37-26(22)36-24-12-6-19-5-11-23(25(19)35-24)29(2,30)31/h4,6-10,18,23-24H,1,5,11-17H2,2-3H3,(H,32,40)(H2,33,34,36,37). The van der Waals surface area contributed by atoms with E-state index in [0.29, 0.717) is 30.9 Å². The number of anilines is 4. The van der Waals surface area contributed by atoms with E-state index in [2.05, 4.69) is 66.5 Å². The van der Waals surface area contributed by atoms with Gasteiger partial charge in [0.1, 0.15) is 17.5 Å². The predicted octanol–water partition coefficient (Wildman–Crippen LogP) is 4.46. The maximum Gasteiger partial charge on any atom is 0.256 e. The number of aromatic nitrogens is 2. The first kappa shape index (κ1) is 27.7. The molecule has 3 aliphatic rings. The number of hydrogen-bond donors (Lipinski definition) is 3. The average Bonchev–Trinajstić information content (AvgIpc) is 3.37. The highest BCUT2D eigenvalue weighted by Gasteiger charge is 2.43. The summed E-state index contributed by atoms with van der Waals surface area (Å²) in [7, 11) is 2.13. The molecule has 212 valence electrons. The summed E-state index contributed by atoms with van der Waals surface area (Å²) in [4.78, 5) is 31.1. The summed E-state index contributed by atoms with van der Waals surface area (Å²) < 4.78 is 28.4. The topological polar surface area (TPSA) is 97.8 Å². The van der Waals surface area contributed by atoms with E-state index in [1.165, 1.54) is 6.20 Å². The van der Waals surface area contributed by atoms with Gasteiger partial charge in [0.15, 0.2) is 0 Å². The molecule has 9 nitrogen and oxygen atoms in total. The summed E-state index contributed by atoms with van der Waals surface area (Å²) in [6, 6.07) is 8.07. The molecule has 2 atom stereocenters. The Morgan fingerprint density at radius 3 is 2.65 bits per heavy atom. The third-order valence-corrected chi connectivity index (χ3v) is 7.59. The van der Waals surface area contributed by atoms with Gasteiger partial charge in [0.2, 0.25) is 5.95 Å². The second-order valence-electron chi connectivity index (χ2n) is 10.6. The summed E-state index contributed by atoms with van der Waals surface area (Å²) >= 11 is 0. The highest BCUT2D eigenvalue weighted by atomic mass is 19.3. The van der Waals surface area contributed by atoms with Crippen LogP contribution in [0.4, 0.5) is 31.9 Å². The number of rotatable bonds is 9. The van der Waals surface area contributed by atoms with Gasteiger partial charge in [0.05, 0.1) is 5.92 Å². The van der Waals surface area contributed by atoms with E-state index in [1.54, 1.807) is 6.08 Å². The molecular weight excluding hydrogens is 514 g/mol. The Morgan fingerprint density at radius 1 is 1.20 bits per heavy atom. The molecule has 1 amide bonds. The maximum absolute atomic E-state index is 14.2. The van der Waals surface area contributed by atoms with Crippen LogP contribution in [-0.2, 0) is 0 Å². The zero-order valence-electron chi connectivity index (χ0n) is 23.0. The molecule has 1 aliphatic carbocycles. The van der Waals surface area contributed by atoms with Crippen LogP contribution in [0.2, 0.25) is 0 Å². The highest BCUT2D eigenvalue weighted by molar-refractivity contribution is 6.05. The van der Waals surface area contributed by atoms with Gasteiger partial charge in [-0.25, -0.2) is 13.8 Å². The van der Waals surface area contributed by atoms with E-state index in [1.807, 2.05) is 18.2 Å². The first-order chi connectivity index (χ1) is 19.2. The lowest BCUT2D eigenvalue weighted by atomic mass is 9.96. The molecule has 1 aromatic heterocycles. The maximum atomic E-state index is 14.2. The van der Waals surface area contributed by atoms with Crippen LogP contribution in [0, 0.1) is 5.92 Å². The molecule has 1 saturated heterocycles. The minimum atomic E-state index is -2.85. The number of alkyl halides is 2. The number of likely N-dealkylation sites (N-methyl/N-ethyl adjacent to an activating group) is 1. The molecule has 2 fully saturated rings. The molecule has 2 aromatic rings. The number of carbonyl (C=O) groups is 1. The molecule has 3 N–H and O–H groups in total. The van der Waals surface area contributed by atoms with Crippen LogP contribution in [0.15, 0.2) is 59.8 Å². The molecule has 5 rings (SSSR count). The lowest BCUT2D eigenvalue weighted by Crippen LogP contribution is -2.44. The highest BCUT2D eigenvalue weighted by Crippen LogP contribution is 2.40. The van der Waals surface area contributed by atoms with Crippen molar-refractivity contribution in [3.8, 4) is 0 Å². The molecule has 0 radical (unpaired) electrons. The Bertz CT molecular complexity index is 1300. The number of carbonyl (C=O) groups excluding carboxylic acids is 1. The van der Waals surface area contributed by atoms with Gasteiger partial charge in [0, 0.05) is 69.4 Å². The second kappa shape index (κ2) is 11.7. The molecule has 0 spiro atoms. The van der Waals surface area contributed by atoms with E-state index in [-0.39, 0.29) is 23.8 Å². The second-order valence-corrected chi connectivity index (χ2v) is 10.6. The van der Waals surface area contributed by atoms with Crippen molar-refractivity contribution in [1.29, 1.82) is 0 Å². The van der Waals surface area contributed by atoms with Crippen LogP contribution in [0.1, 0.15) is 36.5 Å². The summed E-state index contributed by atoms with van der Waals surface area (Å²) in [6.45, 7) is 8.89. The third-order valence-electron chi connectivity index (χ3n) is 7.59. The summed E-state index contributed by atoms with van der Waals surface area (Å²) in [5.74, 6) is -3.55. The van der Waals surface area contributed by atoms with Crippen molar-refractivity contribution in [2.45, 2.75) is 38.3 Å². The van der Waals surface area contributed by atoms with Crippen molar-refractivity contribution in [2.24, 2.45) is 10.9 Å².